The summed E-state index contributed by atoms with van der Waals surface area (Å²) in [6.07, 6.45) is -6.83. The second kappa shape index (κ2) is 6.66. The zero-order valence-corrected chi connectivity index (χ0v) is 15.8. The number of ether oxygens (including phenoxy) is 1. The van der Waals surface area contributed by atoms with Crippen molar-refractivity contribution in [3.8, 4) is 0 Å². The van der Waals surface area contributed by atoms with Crippen molar-refractivity contribution in [3.63, 3.8) is 0 Å². The van der Waals surface area contributed by atoms with Gasteiger partial charge < -0.3 is 10.1 Å². The summed E-state index contributed by atoms with van der Waals surface area (Å²) in [7, 11) is 0. The maximum atomic E-state index is 12.9. The number of carbonyl (C=O) groups is 1. The fraction of sp³-hybridized carbons (Fsp3) is 0.263. The van der Waals surface area contributed by atoms with Crippen molar-refractivity contribution in [2.75, 3.05) is 5.32 Å². The van der Waals surface area contributed by atoms with Gasteiger partial charge in [-0.05, 0) is 37.4 Å². The van der Waals surface area contributed by atoms with Crippen LogP contribution in [0.15, 0.2) is 53.0 Å². The summed E-state index contributed by atoms with van der Waals surface area (Å²) in [6, 6.07) is 10.4. The fourth-order valence-electron chi connectivity index (χ4n) is 3.24. The van der Waals surface area contributed by atoms with Gasteiger partial charge in [-0.1, -0.05) is 18.2 Å². The molecule has 0 saturated heterocycles. The number of aromatic nitrogens is 2. The lowest BCUT2D eigenvalue weighted by Crippen LogP contribution is -2.35. The van der Waals surface area contributed by atoms with Crippen molar-refractivity contribution < 1.29 is 22.7 Å². The molecule has 0 radical (unpaired) electrons. The van der Waals surface area contributed by atoms with E-state index in [1.807, 2.05) is 46.3 Å². The molecule has 3 heterocycles. The number of anilines is 1. The van der Waals surface area contributed by atoms with E-state index in [9.17, 15) is 18.0 Å². The molecule has 0 fully saturated rings. The summed E-state index contributed by atoms with van der Waals surface area (Å²) in [5.74, 6) is -0.478. The number of thiophene rings is 1. The third kappa shape index (κ3) is 3.05. The number of esters is 1. The molecule has 146 valence electrons. The second-order valence-electron chi connectivity index (χ2n) is 6.46. The summed E-state index contributed by atoms with van der Waals surface area (Å²) >= 11 is 1.41. The molecule has 1 aliphatic heterocycles. The van der Waals surface area contributed by atoms with Gasteiger partial charge in [0.15, 0.2) is 6.10 Å². The van der Waals surface area contributed by atoms with Gasteiger partial charge in [0, 0.05) is 10.6 Å². The van der Waals surface area contributed by atoms with Crippen molar-refractivity contribution in [2.45, 2.75) is 32.2 Å². The molecular weight excluding hydrogens is 391 g/mol. The molecule has 0 amide bonds. The van der Waals surface area contributed by atoms with Crippen LogP contribution in [0.25, 0.3) is 11.0 Å². The first-order valence-electron chi connectivity index (χ1n) is 8.53. The number of fused-ring (bicyclic) bond motifs is 3. The predicted molar refractivity (Wildman–Crippen MR) is 100 cm³/mol. The Bertz CT molecular complexity index is 1070. The lowest BCUT2D eigenvalue weighted by atomic mass is 10.0. The van der Waals surface area contributed by atoms with E-state index in [2.05, 4.69) is 10.3 Å². The molecule has 2 unspecified atom stereocenters. The number of hydrogen-bond donors (Lipinski definition) is 1. The Morgan fingerprint density at radius 2 is 2.04 bits per heavy atom. The van der Waals surface area contributed by atoms with E-state index in [1.165, 1.54) is 11.3 Å². The molecule has 2 aromatic heterocycles. The minimum absolute atomic E-state index is 0.134. The van der Waals surface area contributed by atoms with Crippen molar-refractivity contribution in [1.29, 1.82) is 0 Å². The first kappa shape index (κ1) is 18.5. The number of benzene rings is 1. The van der Waals surface area contributed by atoms with E-state index in [4.69, 9.17) is 4.74 Å². The van der Waals surface area contributed by atoms with Gasteiger partial charge in [-0.25, -0.2) is 9.78 Å². The number of halogens is 3. The highest BCUT2D eigenvalue weighted by Crippen LogP contribution is 2.41. The molecular formula is C19H16F3N3O2S. The van der Waals surface area contributed by atoms with Gasteiger partial charge in [0.1, 0.15) is 6.04 Å². The lowest BCUT2D eigenvalue weighted by molar-refractivity contribution is -0.214. The van der Waals surface area contributed by atoms with E-state index < -0.39 is 24.3 Å². The van der Waals surface area contributed by atoms with Crippen LogP contribution in [0.2, 0.25) is 0 Å². The number of hydrogen-bond acceptors (Lipinski definition) is 5. The maximum Gasteiger partial charge on any atom is 0.425 e. The maximum absolute atomic E-state index is 12.9. The molecule has 28 heavy (non-hydrogen) atoms. The van der Waals surface area contributed by atoms with Crippen LogP contribution < -0.4 is 5.32 Å². The minimum atomic E-state index is -4.63. The van der Waals surface area contributed by atoms with E-state index in [1.54, 1.807) is 6.92 Å². The normalized spacial score (nSPS) is 18.0. The van der Waals surface area contributed by atoms with E-state index in [0.717, 1.165) is 22.8 Å². The summed E-state index contributed by atoms with van der Waals surface area (Å²) in [6.45, 7) is 2.46. The average Bonchev–Trinajstić information content (AvgIpc) is 3.27. The van der Waals surface area contributed by atoms with E-state index in [-0.39, 0.29) is 5.57 Å². The third-order valence-electron chi connectivity index (χ3n) is 4.61. The van der Waals surface area contributed by atoms with Gasteiger partial charge in [0.25, 0.3) is 0 Å². The number of para-hydroxylation sites is 2. The number of allylic oxidation sites excluding steroid dienone is 1. The van der Waals surface area contributed by atoms with Crippen molar-refractivity contribution >= 4 is 34.3 Å². The number of nitrogens with zero attached hydrogens (tertiary/aromatic N) is 2. The largest absolute Gasteiger partial charge is 0.450 e. The van der Waals surface area contributed by atoms with Crippen LogP contribution in [0.5, 0.6) is 0 Å². The number of rotatable bonds is 3. The molecule has 0 bridgehead atoms. The molecule has 5 nitrogen and oxygen atoms in total. The fourth-order valence-corrected chi connectivity index (χ4v) is 4.06. The van der Waals surface area contributed by atoms with Gasteiger partial charge in [0.2, 0.25) is 5.95 Å². The Labute approximate surface area is 162 Å². The third-order valence-corrected chi connectivity index (χ3v) is 5.53. The summed E-state index contributed by atoms with van der Waals surface area (Å²) in [5.41, 5.74) is 2.04. The minimum Gasteiger partial charge on any atom is -0.450 e. The number of nitrogens with one attached hydrogen (secondary N) is 1. The SMILES string of the molecule is CC1=C(C(=O)OC(C)C(F)(F)F)C(c2cccs2)n2c(nc3ccccc32)N1. The van der Waals surface area contributed by atoms with Gasteiger partial charge in [-0.15, -0.1) is 11.3 Å². The summed E-state index contributed by atoms with van der Waals surface area (Å²) in [5, 5.41) is 4.89. The molecule has 0 spiro atoms. The number of carbonyl (C=O) groups excluding carboxylic acids is 1. The first-order chi connectivity index (χ1) is 13.3. The summed E-state index contributed by atoms with van der Waals surface area (Å²) < 4.78 is 45.3. The Hall–Kier alpha value is -2.81. The van der Waals surface area contributed by atoms with Crippen LogP contribution in [-0.2, 0) is 9.53 Å². The summed E-state index contributed by atoms with van der Waals surface area (Å²) in [4.78, 5) is 18.1. The van der Waals surface area contributed by atoms with Gasteiger partial charge in [0.05, 0.1) is 16.6 Å². The predicted octanol–water partition coefficient (Wildman–Crippen LogP) is 4.88. The van der Waals surface area contributed by atoms with E-state index in [0.29, 0.717) is 11.6 Å². The van der Waals surface area contributed by atoms with Gasteiger partial charge in [-0.2, -0.15) is 13.2 Å². The van der Waals surface area contributed by atoms with Crippen LogP contribution in [0.4, 0.5) is 19.1 Å². The van der Waals surface area contributed by atoms with Crippen LogP contribution >= 0.6 is 11.3 Å². The van der Waals surface area contributed by atoms with Crippen molar-refractivity contribution in [2.24, 2.45) is 0 Å². The van der Waals surface area contributed by atoms with E-state index >= 15 is 0 Å². The zero-order chi connectivity index (χ0) is 20.1. The average molecular weight is 407 g/mol. The number of alkyl halides is 3. The first-order valence-corrected chi connectivity index (χ1v) is 9.41. The quantitative estimate of drug-likeness (QED) is 0.629. The Balaban J connectivity index is 1.84. The Morgan fingerprint density at radius 1 is 1.29 bits per heavy atom. The van der Waals surface area contributed by atoms with Crippen molar-refractivity contribution in [1.82, 2.24) is 9.55 Å². The standard InChI is InChI=1S/C19H16F3N3O2S/c1-10-15(17(26)27-11(2)19(20,21)22)16(14-8-5-9-28-14)25-13-7-4-3-6-12(13)24-18(25)23-10/h3-9,11,16H,1-2H3,(H,23,24). The molecule has 1 N–H and O–H groups in total. The molecule has 1 aliphatic rings. The van der Waals surface area contributed by atoms with Gasteiger partial charge >= 0.3 is 12.1 Å². The monoisotopic (exact) mass is 407 g/mol. The number of imidazole rings is 1. The molecule has 4 rings (SSSR count). The highest BCUT2D eigenvalue weighted by Gasteiger charge is 2.42. The van der Waals surface area contributed by atoms with Crippen molar-refractivity contribution in [3.05, 3.63) is 57.9 Å². The molecule has 2 atom stereocenters. The molecule has 0 aliphatic carbocycles. The topological polar surface area (TPSA) is 56.2 Å². The Kier molecular flexibility index (Phi) is 4.41. The molecule has 0 saturated carbocycles. The highest BCUT2D eigenvalue weighted by atomic mass is 32.1. The van der Waals surface area contributed by atoms with Crippen LogP contribution in [0, 0.1) is 0 Å². The molecule has 9 heteroatoms. The van der Waals surface area contributed by atoms with Crippen LogP contribution in [-0.4, -0.2) is 27.8 Å². The molecule has 1 aromatic carbocycles. The van der Waals surface area contributed by atoms with Crippen LogP contribution in [0.1, 0.15) is 24.8 Å². The highest BCUT2D eigenvalue weighted by molar-refractivity contribution is 7.10. The zero-order valence-electron chi connectivity index (χ0n) is 14.9. The molecule has 3 aromatic rings. The second-order valence-corrected chi connectivity index (χ2v) is 7.44. The van der Waals surface area contributed by atoms with Gasteiger partial charge in [-0.3, -0.25) is 4.57 Å². The lowest BCUT2D eigenvalue weighted by Gasteiger charge is -2.30. The smallest absolute Gasteiger partial charge is 0.425 e. The Morgan fingerprint density at radius 3 is 2.71 bits per heavy atom. The van der Waals surface area contributed by atoms with Crippen LogP contribution in [0.3, 0.4) is 0 Å².